The molecule has 1 aliphatic carbocycles. The first-order chi connectivity index (χ1) is 14.9. The molecule has 1 aliphatic rings. The predicted molar refractivity (Wildman–Crippen MR) is 118 cm³/mol. The fourth-order valence-electron chi connectivity index (χ4n) is 4.29. The third-order valence-electron chi connectivity index (χ3n) is 5.73. The van der Waals surface area contributed by atoms with Crippen molar-refractivity contribution in [2.24, 2.45) is 5.92 Å². The van der Waals surface area contributed by atoms with E-state index < -0.39 is 11.6 Å². The Morgan fingerprint density at radius 3 is 2.35 bits per heavy atom. The van der Waals surface area contributed by atoms with Crippen molar-refractivity contribution in [3.63, 3.8) is 0 Å². The Labute approximate surface area is 180 Å². The van der Waals surface area contributed by atoms with Crippen molar-refractivity contribution in [1.29, 1.82) is 0 Å². The first-order valence-corrected chi connectivity index (χ1v) is 10.6. The summed E-state index contributed by atoms with van der Waals surface area (Å²) in [5.41, 5.74) is 2.52. The number of fused-ring (bicyclic) bond motifs is 1. The monoisotopic (exact) mass is 431 g/mol. The quantitative estimate of drug-likeness (QED) is 0.520. The van der Waals surface area contributed by atoms with Crippen LogP contribution in [-0.2, 0) is 0 Å². The minimum absolute atomic E-state index is 0.105. The van der Waals surface area contributed by atoms with Gasteiger partial charge in [0.05, 0.1) is 11.2 Å². The van der Waals surface area contributed by atoms with Gasteiger partial charge in [0, 0.05) is 32.1 Å². The Bertz CT molecular complexity index is 1060. The molecular formula is C24H28F3N3O. The average Bonchev–Trinajstić information content (AvgIpc) is 3.10. The number of aromatic nitrogens is 1. The van der Waals surface area contributed by atoms with Crippen molar-refractivity contribution in [2.45, 2.75) is 32.6 Å². The van der Waals surface area contributed by atoms with Crippen LogP contribution in [0.5, 0.6) is 0 Å². The molecule has 1 saturated carbocycles. The molecule has 0 saturated heterocycles. The van der Waals surface area contributed by atoms with Gasteiger partial charge in [-0.3, -0.25) is 0 Å². The van der Waals surface area contributed by atoms with E-state index >= 15 is 0 Å². The zero-order chi connectivity index (χ0) is 22.7. The molecule has 0 radical (unpaired) electrons. The molecule has 166 valence electrons. The van der Waals surface area contributed by atoms with E-state index in [1.54, 1.807) is 31.1 Å². The zero-order valence-electron chi connectivity index (χ0n) is 18.2. The van der Waals surface area contributed by atoms with Crippen LogP contribution in [0.4, 0.5) is 18.0 Å². The third kappa shape index (κ3) is 4.55. The largest absolute Gasteiger partial charge is 0.352 e. The van der Waals surface area contributed by atoms with Crippen molar-refractivity contribution < 1.29 is 18.0 Å². The van der Waals surface area contributed by atoms with Crippen LogP contribution in [0.25, 0.3) is 22.2 Å². The third-order valence-corrected chi connectivity index (χ3v) is 5.73. The molecule has 0 aliphatic heterocycles. The lowest BCUT2D eigenvalue weighted by atomic mass is 9.70. The first kappa shape index (κ1) is 22.7. The number of H-pyrrole nitrogens is 1. The van der Waals surface area contributed by atoms with Crippen molar-refractivity contribution >= 4 is 16.9 Å². The van der Waals surface area contributed by atoms with E-state index in [4.69, 9.17) is 0 Å². The molecule has 1 fully saturated rings. The van der Waals surface area contributed by atoms with Gasteiger partial charge in [-0.25, -0.2) is 18.0 Å². The summed E-state index contributed by atoms with van der Waals surface area (Å²) < 4.78 is 41.7. The lowest BCUT2D eigenvalue weighted by Gasteiger charge is -2.38. The highest BCUT2D eigenvalue weighted by molar-refractivity contribution is 5.92. The maximum atomic E-state index is 14.4. The maximum absolute atomic E-state index is 14.4. The maximum Gasteiger partial charge on any atom is 0.316 e. The number of hydrogen-bond donors (Lipinski definition) is 2. The van der Waals surface area contributed by atoms with Gasteiger partial charge < -0.3 is 15.2 Å². The SMILES string of the molecule is CC.CNC(=O)N(C)CC1CC(c2c(-c3ccc(F)cc3)[nH]c3c(F)cc(F)cc23)C1. The van der Waals surface area contributed by atoms with Crippen LogP contribution in [0.1, 0.15) is 38.2 Å². The topological polar surface area (TPSA) is 48.1 Å². The number of amides is 2. The lowest BCUT2D eigenvalue weighted by molar-refractivity contribution is 0.173. The number of carbonyl (C=O) groups excluding carboxylic acids is 1. The van der Waals surface area contributed by atoms with E-state index in [2.05, 4.69) is 10.3 Å². The molecule has 2 aromatic carbocycles. The van der Waals surface area contributed by atoms with E-state index in [1.165, 1.54) is 18.2 Å². The molecule has 4 rings (SSSR count). The number of nitrogens with one attached hydrogen (secondary N) is 2. The number of nitrogens with zero attached hydrogens (tertiary/aromatic N) is 1. The highest BCUT2D eigenvalue weighted by Crippen LogP contribution is 2.48. The van der Waals surface area contributed by atoms with Crippen LogP contribution >= 0.6 is 0 Å². The van der Waals surface area contributed by atoms with Crippen LogP contribution in [0.3, 0.4) is 0 Å². The number of hydrogen-bond acceptors (Lipinski definition) is 1. The molecule has 0 bridgehead atoms. The second-order valence-corrected chi connectivity index (χ2v) is 7.70. The summed E-state index contributed by atoms with van der Waals surface area (Å²) in [7, 11) is 3.33. The van der Waals surface area contributed by atoms with Crippen LogP contribution in [0, 0.1) is 23.4 Å². The predicted octanol–water partition coefficient (Wildman–Crippen LogP) is 6.04. The normalized spacial score (nSPS) is 17.5. The number of halogens is 3. The Hall–Kier alpha value is -2.96. The summed E-state index contributed by atoms with van der Waals surface area (Å²) in [6, 6.07) is 8.03. The van der Waals surface area contributed by atoms with Crippen molar-refractivity contribution in [1.82, 2.24) is 15.2 Å². The van der Waals surface area contributed by atoms with Gasteiger partial charge >= 0.3 is 6.03 Å². The van der Waals surface area contributed by atoms with Gasteiger partial charge in [0.2, 0.25) is 0 Å². The molecule has 2 amide bonds. The number of benzene rings is 2. The number of carbonyl (C=O) groups is 1. The number of urea groups is 1. The minimum atomic E-state index is -0.648. The Morgan fingerprint density at radius 2 is 1.74 bits per heavy atom. The van der Waals surface area contributed by atoms with Gasteiger partial charge in [-0.15, -0.1) is 0 Å². The molecule has 3 aromatic rings. The van der Waals surface area contributed by atoms with Crippen LogP contribution in [-0.4, -0.2) is 36.6 Å². The Balaban J connectivity index is 0.00000132. The van der Waals surface area contributed by atoms with Gasteiger partial charge in [0.25, 0.3) is 0 Å². The molecule has 1 aromatic heterocycles. The van der Waals surface area contributed by atoms with Gasteiger partial charge in [-0.05, 0) is 66.1 Å². The van der Waals surface area contributed by atoms with Crippen molar-refractivity contribution in [3.8, 4) is 11.3 Å². The van der Waals surface area contributed by atoms with Gasteiger partial charge in [0.15, 0.2) is 0 Å². The van der Waals surface area contributed by atoms with Crippen LogP contribution < -0.4 is 5.32 Å². The fourth-order valence-corrected chi connectivity index (χ4v) is 4.29. The second-order valence-electron chi connectivity index (χ2n) is 7.70. The lowest BCUT2D eigenvalue weighted by Crippen LogP contribution is -2.41. The Kier molecular flexibility index (Phi) is 6.93. The average molecular weight is 432 g/mol. The number of rotatable bonds is 4. The van der Waals surface area contributed by atoms with Crippen LogP contribution in [0.2, 0.25) is 0 Å². The van der Waals surface area contributed by atoms with E-state index in [9.17, 15) is 18.0 Å². The van der Waals surface area contributed by atoms with E-state index in [0.29, 0.717) is 23.5 Å². The first-order valence-electron chi connectivity index (χ1n) is 10.6. The molecule has 2 N–H and O–H groups in total. The molecular weight excluding hydrogens is 403 g/mol. The standard InChI is InChI=1S/C22H22F3N3O.C2H6/c1-26-22(29)28(2)11-12-7-14(8-12)19-17-9-16(24)10-18(25)21(17)27-20(19)13-3-5-15(23)6-4-13;1-2/h3-6,9-10,12,14,27H,7-8,11H2,1-2H3,(H,26,29);1-2H3. The van der Waals surface area contributed by atoms with Gasteiger partial charge in [-0.1, -0.05) is 13.8 Å². The van der Waals surface area contributed by atoms with E-state index in [1.807, 2.05) is 13.8 Å². The van der Waals surface area contributed by atoms with E-state index in [0.717, 1.165) is 30.0 Å². The minimum Gasteiger partial charge on any atom is -0.352 e. The molecule has 7 heteroatoms. The summed E-state index contributed by atoms with van der Waals surface area (Å²) in [6.07, 6.45) is 1.61. The molecule has 1 heterocycles. The molecule has 0 unspecified atom stereocenters. The summed E-state index contributed by atoms with van der Waals surface area (Å²) in [5, 5.41) is 3.12. The highest BCUT2D eigenvalue weighted by Gasteiger charge is 2.35. The summed E-state index contributed by atoms with van der Waals surface area (Å²) in [4.78, 5) is 16.4. The fraction of sp³-hybridized carbons (Fsp3) is 0.375. The highest BCUT2D eigenvalue weighted by atomic mass is 19.1. The summed E-state index contributed by atoms with van der Waals surface area (Å²) in [5.74, 6) is -1.22. The Morgan fingerprint density at radius 1 is 1.10 bits per heavy atom. The smallest absolute Gasteiger partial charge is 0.316 e. The zero-order valence-corrected chi connectivity index (χ0v) is 18.2. The summed E-state index contributed by atoms with van der Waals surface area (Å²) >= 11 is 0. The van der Waals surface area contributed by atoms with Gasteiger partial charge in [-0.2, -0.15) is 0 Å². The van der Waals surface area contributed by atoms with Crippen LogP contribution in [0.15, 0.2) is 36.4 Å². The van der Waals surface area contributed by atoms with Gasteiger partial charge in [0.1, 0.15) is 17.5 Å². The van der Waals surface area contributed by atoms with Crippen molar-refractivity contribution in [2.75, 3.05) is 20.6 Å². The number of aromatic amines is 1. The second kappa shape index (κ2) is 9.45. The summed E-state index contributed by atoms with van der Waals surface area (Å²) in [6.45, 7) is 4.62. The molecule has 4 nitrogen and oxygen atoms in total. The molecule has 31 heavy (non-hydrogen) atoms. The molecule has 0 spiro atoms. The van der Waals surface area contributed by atoms with E-state index in [-0.39, 0.29) is 23.3 Å². The van der Waals surface area contributed by atoms with Crippen molar-refractivity contribution in [3.05, 3.63) is 59.4 Å². The molecule has 0 atom stereocenters.